The van der Waals surface area contributed by atoms with Gasteiger partial charge in [0.15, 0.2) is 23.2 Å². The molecule has 0 saturated heterocycles. The molecule has 2 aromatic heterocycles. The summed E-state index contributed by atoms with van der Waals surface area (Å²) in [4.78, 5) is 16.2. The van der Waals surface area contributed by atoms with Crippen LogP contribution in [-0.2, 0) is 35.8 Å². The smallest absolute Gasteiger partial charge is 0.393 e. The first kappa shape index (κ1) is 32.5. The topological polar surface area (TPSA) is 194 Å². The second kappa shape index (κ2) is 12.1. The van der Waals surface area contributed by atoms with Gasteiger partial charge in [-0.1, -0.05) is 0 Å². The molecule has 0 aliphatic heterocycles. The first-order chi connectivity index (χ1) is 21.5. The fourth-order valence-electron chi connectivity index (χ4n) is 5.22. The number of nitrogens with one attached hydrogen (secondary N) is 3. The molecule has 5 rings (SSSR count). The van der Waals surface area contributed by atoms with Crippen molar-refractivity contribution in [2.45, 2.75) is 44.8 Å². The maximum atomic E-state index is 14.5. The molecule has 12 nitrogen and oxygen atoms in total. The minimum atomic E-state index is -4.73. The summed E-state index contributed by atoms with van der Waals surface area (Å²) < 4.78 is 80.4. The van der Waals surface area contributed by atoms with Crippen LogP contribution in [-0.4, -0.2) is 63.8 Å². The molecule has 244 valence electrons. The zero-order valence-corrected chi connectivity index (χ0v) is 25.4. The van der Waals surface area contributed by atoms with Crippen molar-refractivity contribution < 1.29 is 36.2 Å². The summed E-state index contributed by atoms with van der Waals surface area (Å²) in [5.41, 5.74) is 7.20. The number of hydrogen-bond acceptors (Lipinski definition) is 10. The molecule has 0 unspecified atom stereocenters. The molecule has 0 amide bonds. The summed E-state index contributed by atoms with van der Waals surface area (Å²) in [6.45, 7) is -0.215. The number of halogens is 4. The van der Waals surface area contributed by atoms with Crippen LogP contribution in [0.2, 0.25) is 0 Å². The highest BCUT2D eigenvalue weighted by atomic mass is 32.2. The number of alkyl halides is 3. The van der Waals surface area contributed by atoms with Crippen LogP contribution in [0.25, 0.3) is 11.4 Å². The van der Waals surface area contributed by atoms with Crippen LogP contribution < -0.4 is 15.4 Å². The lowest BCUT2D eigenvalue weighted by Crippen LogP contribution is -2.26. The number of phenolic OH excluding ortho intramolecular Hbond substituents is 2. The molecule has 1 aliphatic rings. The number of benzene rings is 2. The van der Waals surface area contributed by atoms with Gasteiger partial charge in [0.1, 0.15) is 23.1 Å². The third kappa shape index (κ3) is 6.83. The number of aryl methyl sites for hydroxylation is 2. The van der Waals surface area contributed by atoms with Gasteiger partial charge in [-0.05, 0) is 67.1 Å². The number of aromatic amines is 1. The Morgan fingerprint density at radius 3 is 2.50 bits per heavy atom. The fraction of sp³-hybridized carbons (Fsp3) is 0.310. The predicted molar refractivity (Wildman–Crippen MR) is 163 cm³/mol. The maximum Gasteiger partial charge on any atom is 0.393 e. The van der Waals surface area contributed by atoms with Crippen LogP contribution in [0, 0.1) is 11.2 Å². The Hall–Kier alpha value is -4.93. The van der Waals surface area contributed by atoms with Crippen LogP contribution >= 0.6 is 0 Å². The second-order valence-electron chi connectivity index (χ2n) is 10.9. The van der Waals surface area contributed by atoms with E-state index in [-0.39, 0.29) is 52.3 Å². The number of nitrogens with zero attached hydrogens (tertiary/aromatic N) is 4. The van der Waals surface area contributed by atoms with E-state index in [1.165, 1.54) is 25.2 Å². The molecule has 0 saturated carbocycles. The molecule has 0 radical (unpaired) electrons. The van der Waals surface area contributed by atoms with E-state index in [2.05, 4.69) is 25.3 Å². The first-order valence-electron chi connectivity index (χ1n) is 13.9. The van der Waals surface area contributed by atoms with Crippen LogP contribution in [0.4, 0.5) is 34.9 Å². The highest BCUT2D eigenvalue weighted by molar-refractivity contribution is 7.92. The van der Waals surface area contributed by atoms with E-state index in [0.717, 1.165) is 41.2 Å². The standard InChI is InChI=1S/C29H30F4N8O4S/c1-41(46(2,44)45)21-8-7-16(42)9-15(21)13-36-27-23(24(34)28-37-19-5-3-4-6-20(19)38-28)25(35)39-26(40-27)17-11-18(30)22(43)10-14(17)12-29(31,32)33/h7-11,34,42-43H,3-6,12-13H2,1-2H3,(H,37,38)(H3,35,36,39,40). The minimum Gasteiger partial charge on any atom is -0.508 e. The molecular formula is C29H30F4N8O4S. The number of nitrogen functional groups attached to an aromatic ring is 1. The molecule has 46 heavy (non-hydrogen) atoms. The molecule has 2 aromatic carbocycles. The molecule has 0 atom stereocenters. The van der Waals surface area contributed by atoms with Crippen LogP contribution in [0.5, 0.6) is 11.5 Å². The number of rotatable bonds is 9. The Bertz CT molecular complexity index is 1920. The quantitative estimate of drug-likeness (QED) is 0.111. The van der Waals surface area contributed by atoms with Gasteiger partial charge in [-0.25, -0.2) is 27.8 Å². The average molecular weight is 663 g/mol. The summed E-state index contributed by atoms with van der Waals surface area (Å²) in [6.07, 6.45) is -1.98. The number of H-pyrrole nitrogens is 1. The Labute approximate surface area is 260 Å². The predicted octanol–water partition coefficient (Wildman–Crippen LogP) is 4.41. The van der Waals surface area contributed by atoms with Crippen molar-refractivity contribution in [3.63, 3.8) is 0 Å². The van der Waals surface area contributed by atoms with Crippen molar-refractivity contribution >= 4 is 33.1 Å². The van der Waals surface area contributed by atoms with Gasteiger partial charge >= 0.3 is 6.18 Å². The Morgan fingerprint density at radius 1 is 1.11 bits per heavy atom. The molecule has 0 bridgehead atoms. The van der Waals surface area contributed by atoms with Crippen molar-refractivity contribution in [3.8, 4) is 22.9 Å². The van der Waals surface area contributed by atoms with E-state index >= 15 is 0 Å². The first-order valence-corrected chi connectivity index (χ1v) is 15.8. The van der Waals surface area contributed by atoms with Crippen molar-refractivity contribution in [2.24, 2.45) is 0 Å². The number of sulfonamides is 1. The van der Waals surface area contributed by atoms with Gasteiger partial charge in [0.2, 0.25) is 10.0 Å². The lowest BCUT2D eigenvalue weighted by Gasteiger charge is -2.22. The van der Waals surface area contributed by atoms with Crippen molar-refractivity contribution in [2.75, 3.05) is 28.7 Å². The Kier molecular flexibility index (Phi) is 8.55. The molecule has 0 spiro atoms. The van der Waals surface area contributed by atoms with E-state index in [0.29, 0.717) is 18.6 Å². The molecule has 1 aliphatic carbocycles. The van der Waals surface area contributed by atoms with E-state index in [9.17, 15) is 36.2 Å². The van der Waals surface area contributed by atoms with Gasteiger partial charge in [0.05, 0.1) is 29.6 Å². The van der Waals surface area contributed by atoms with Gasteiger partial charge in [0, 0.05) is 24.8 Å². The Balaban J connectivity index is 1.65. The Morgan fingerprint density at radius 2 is 1.83 bits per heavy atom. The van der Waals surface area contributed by atoms with Crippen molar-refractivity contribution in [1.29, 1.82) is 5.41 Å². The third-order valence-electron chi connectivity index (χ3n) is 7.53. The van der Waals surface area contributed by atoms with E-state index in [4.69, 9.17) is 11.1 Å². The molecule has 2 heterocycles. The number of nitrogens with two attached hydrogens (primary N) is 1. The fourth-order valence-corrected chi connectivity index (χ4v) is 5.75. The maximum absolute atomic E-state index is 14.5. The average Bonchev–Trinajstić information content (AvgIpc) is 3.40. The van der Waals surface area contributed by atoms with Gasteiger partial charge < -0.3 is 26.2 Å². The third-order valence-corrected chi connectivity index (χ3v) is 8.72. The van der Waals surface area contributed by atoms with Gasteiger partial charge in [-0.2, -0.15) is 13.2 Å². The van der Waals surface area contributed by atoms with Crippen molar-refractivity contribution in [1.82, 2.24) is 19.9 Å². The van der Waals surface area contributed by atoms with Crippen LogP contribution in [0.3, 0.4) is 0 Å². The summed E-state index contributed by atoms with van der Waals surface area (Å²) in [7, 11) is -2.41. The number of fused-ring (bicyclic) bond motifs is 1. The summed E-state index contributed by atoms with van der Waals surface area (Å²) in [5, 5.41) is 31.9. The molecular weight excluding hydrogens is 632 g/mol. The lowest BCUT2D eigenvalue weighted by molar-refractivity contribution is -0.127. The van der Waals surface area contributed by atoms with E-state index < -0.39 is 51.1 Å². The molecule has 17 heteroatoms. The monoisotopic (exact) mass is 662 g/mol. The minimum absolute atomic E-state index is 0.0790. The zero-order chi connectivity index (χ0) is 33.6. The van der Waals surface area contributed by atoms with Crippen LogP contribution in [0.15, 0.2) is 30.3 Å². The number of aromatic hydroxyl groups is 2. The largest absolute Gasteiger partial charge is 0.508 e. The highest BCUT2D eigenvalue weighted by Gasteiger charge is 2.31. The highest BCUT2D eigenvalue weighted by Crippen LogP contribution is 2.35. The van der Waals surface area contributed by atoms with E-state index in [1.54, 1.807) is 0 Å². The number of phenols is 2. The number of anilines is 3. The SMILES string of the molecule is CN(c1ccc(O)cc1CNc1nc(-c2cc(F)c(O)cc2CC(F)(F)F)nc(N)c1C(=N)c1nc2c([nH]1)CCCC2)S(C)(=O)=O. The number of hydrogen-bond donors (Lipinski definition) is 6. The number of aromatic nitrogens is 4. The summed E-state index contributed by atoms with van der Waals surface area (Å²) in [6, 6.07) is 5.27. The van der Waals surface area contributed by atoms with Crippen molar-refractivity contribution in [3.05, 3.63) is 70.1 Å². The van der Waals surface area contributed by atoms with E-state index in [1.807, 2.05) is 0 Å². The van der Waals surface area contributed by atoms with Crippen LogP contribution in [0.1, 0.15) is 46.7 Å². The summed E-state index contributed by atoms with van der Waals surface area (Å²) >= 11 is 0. The van der Waals surface area contributed by atoms with Gasteiger partial charge in [0.25, 0.3) is 0 Å². The normalized spacial score (nSPS) is 13.3. The summed E-state index contributed by atoms with van der Waals surface area (Å²) in [5.74, 6) is -3.19. The number of imidazole rings is 1. The second-order valence-corrected chi connectivity index (χ2v) is 12.9. The molecule has 0 fully saturated rings. The lowest BCUT2D eigenvalue weighted by atomic mass is 10.0. The zero-order valence-electron chi connectivity index (χ0n) is 24.6. The van der Waals surface area contributed by atoms with Gasteiger partial charge in [-0.15, -0.1) is 0 Å². The molecule has 7 N–H and O–H groups in total. The van der Waals surface area contributed by atoms with Gasteiger partial charge in [-0.3, -0.25) is 9.71 Å². The molecule has 4 aromatic rings.